The molecule has 0 N–H and O–H groups in total. The summed E-state index contributed by atoms with van der Waals surface area (Å²) < 4.78 is 5.34. The second-order valence-corrected chi connectivity index (χ2v) is 7.50. The first-order valence-electron chi connectivity index (χ1n) is 9.24. The normalized spacial score (nSPS) is 14.6. The van der Waals surface area contributed by atoms with Crippen molar-refractivity contribution in [2.75, 3.05) is 11.9 Å². The molecule has 27 heavy (non-hydrogen) atoms. The van der Waals surface area contributed by atoms with E-state index >= 15 is 0 Å². The molecule has 4 rings (SSSR count). The number of nitriles is 1. The van der Waals surface area contributed by atoms with Crippen LogP contribution in [0.1, 0.15) is 35.4 Å². The molecular formula is C23H23N3O. The van der Waals surface area contributed by atoms with Crippen LogP contribution in [-0.2, 0) is 5.41 Å². The SMILES string of the molecule is Cc1ccc(-c2c(C)noc2C)cc1N(C)c1ccc(C2(C#N)CC2)cc1. The van der Waals surface area contributed by atoms with Crippen LogP contribution >= 0.6 is 0 Å². The van der Waals surface area contributed by atoms with E-state index in [4.69, 9.17) is 4.52 Å². The van der Waals surface area contributed by atoms with Crippen molar-refractivity contribution in [2.45, 2.75) is 39.0 Å². The van der Waals surface area contributed by atoms with Gasteiger partial charge in [0.15, 0.2) is 0 Å². The molecule has 0 bridgehead atoms. The maximum absolute atomic E-state index is 9.40. The molecule has 1 heterocycles. The molecule has 1 saturated carbocycles. The van der Waals surface area contributed by atoms with E-state index in [-0.39, 0.29) is 5.41 Å². The van der Waals surface area contributed by atoms with Crippen molar-refractivity contribution in [2.24, 2.45) is 0 Å². The predicted molar refractivity (Wildman–Crippen MR) is 107 cm³/mol. The molecule has 0 aliphatic heterocycles. The second kappa shape index (κ2) is 6.28. The fourth-order valence-corrected chi connectivity index (χ4v) is 3.75. The quantitative estimate of drug-likeness (QED) is 0.611. The lowest BCUT2D eigenvalue weighted by atomic mass is 9.97. The Bertz CT molecular complexity index is 1020. The second-order valence-electron chi connectivity index (χ2n) is 7.50. The van der Waals surface area contributed by atoms with Gasteiger partial charge in [0.05, 0.1) is 17.2 Å². The highest BCUT2D eigenvalue weighted by Gasteiger charge is 2.44. The zero-order valence-corrected chi connectivity index (χ0v) is 16.2. The van der Waals surface area contributed by atoms with Gasteiger partial charge in [-0.05, 0) is 68.5 Å². The molecule has 136 valence electrons. The number of benzene rings is 2. The lowest BCUT2D eigenvalue weighted by molar-refractivity contribution is 0.393. The zero-order valence-electron chi connectivity index (χ0n) is 16.2. The predicted octanol–water partition coefficient (Wildman–Crippen LogP) is 5.59. The van der Waals surface area contributed by atoms with Crippen molar-refractivity contribution in [1.82, 2.24) is 5.16 Å². The van der Waals surface area contributed by atoms with E-state index in [1.54, 1.807) is 0 Å². The van der Waals surface area contributed by atoms with E-state index < -0.39 is 0 Å². The van der Waals surface area contributed by atoms with Crippen LogP contribution in [0, 0.1) is 32.1 Å². The van der Waals surface area contributed by atoms with E-state index in [0.29, 0.717) is 0 Å². The molecule has 2 aromatic carbocycles. The van der Waals surface area contributed by atoms with Crippen molar-refractivity contribution in [3.05, 3.63) is 65.0 Å². The maximum atomic E-state index is 9.40. The lowest BCUT2D eigenvalue weighted by Crippen LogP contribution is -2.11. The Labute approximate surface area is 160 Å². The third-order valence-corrected chi connectivity index (χ3v) is 5.66. The van der Waals surface area contributed by atoms with Crippen molar-refractivity contribution >= 4 is 11.4 Å². The fourth-order valence-electron chi connectivity index (χ4n) is 3.75. The van der Waals surface area contributed by atoms with Gasteiger partial charge in [-0.3, -0.25) is 0 Å². The van der Waals surface area contributed by atoms with Crippen molar-refractivity contribution in [3.8, 4) is 17.2 Å². The summed E-state index contributed by atoms with van der Waals surface area (Å²) in [7, 11) is 2.08. The molecule has 0 radical (unpaired) electrons. The van der Waals surface area contributed by atoms with Gasteiger partial charge in [0, 0.05) is 24.0 Å². The third kappa shape index (κ3) is 2.90. The molecule has 0 saturated heterocycles. The Hall–Kier alpha value is -3.06. The standard InChI is InChI=1S/C23H23N3O/c1-15-5-6-18(22-16(2)25-27-17(22)3)13-21(15)26(4)20-9-7-19(8-10-20)23(14-24)11-12-23/h5-10,13H,11-12H2,1-4H3. The molecule has 3 aromatic rings. The first kappa shape index (κ1) is 17.4. The minimum atomic E-state index is -0.240. The third-order valence-electron chi connectivity index (χ3n) is 5.66. The van der Waals surface area contributed by atoms with Gasteiger partial charge in [0.1, 0.15) is 5.76 Å². The van der Waals surface area contributed by atoms with Gasteiger partial charge in [-0.1, -0.05) is 29.4 Å². The Morgan fingerprint density at radius 1 is 1.07 bits per heavy atom. The van der Waals surface area contributed by atoms with E-state index in [1.807, 2.05) is 13.8 Å². The lowest BCUT2D eigenvalue weighted by Gasteiger charge is -2.23. The fraction of sp³-hybridized carbons (Fsp3) is 0.304. The van der Waals surface area contributed by atoms with Crippen LogP contribution in [0.5, 0.6) is 0 Å². The monoisotopic (exact) mass is 357 g/mol. The molecule has 4 heteroatoms. The van der Waals surface area contributed by atoms with Gasteiger partial charge >= 0.3 is 0 Å². The molecule has 0 amide bonds. The van der Waals surface area contributed by atoms with Crippen LogP contribution < -0.4 is 4.90 Å². The summed E-state index contributed by atoms with van der Waals surface area (Å²) in [6.45, 7) is 6.03. The number of aryl methyl sites for hydroxylation is 3. The van der Waals surface area contributed by atoms with Crippen LogP contribution in [0.3, 0.4) is 0 Å². The van der Waals surface area contributed by atoms with Crippen LogP contribution in [0.4, 0.5) is 11.4 Å². The minimum absolute atomic E-state index is 0.240. The largest absolute Gasteiger partial charge is 0.361 e. The molecule has 1 aliphatic carbocycles. The van der Waals surface area contributed by atoms with Crippen molar-refractivity contribution in [3.63, 3.8) is 0 Å². The summed E-state index contributed by atoms with van der Waals surface area (Å²) in [6.07, 6.45) is 1.94. The Balaban J connectivity index is 1.69. The molecule has 1 aromatic heterocycles. The topological polar surface area (TPSA) is 53.1 Å². The molecule has 0 atom stereocenters. The number of aromatic nitrogens is 1. The van der Waals surface area contributed by atoms with E-state index in [2.05, 4.69) is 72.6 Å². The first-order chi connectivity index (χ1) is 12.9. The van der Waals surface area contributed by atoms with Crippen molar-refractivity contribution in [1.29, 1.82) is 5.26 Å². The van der Waals surface area contributed by atoms with Gasteiger partial charge in [-0.15, -0.1) is 0 Å². The average Bonchev–Trinajstić information content (AvgIpc) is 3.42. The molecule has 0 unspecified atom stereocenters. The average molecular weight is 357 g/mol. The van der Waals surface area contributed by atoms with Gasteiger partial charge in [-0.2, -0.15) is 5.26 Å². The first-order valence-corrected chi connectivity index (χ1v) is 9.24. The highest BCUT2D eigenvalue weighted by Crippen LogP contribution is 2.47. The van der Waals surface area contributed by atoms with Crippen LogP contribution in [0.15, 0.2) is 47.0 Å². The summed E-state index contributed by atoms with van der Waals surface area (Å²) in [5.74, 6) is 0.834. The van der Waals surface area contributed by atoms with Crippen molar-refractivity contribution < 1.29 is 4.52 Å². The molecule has 4 nitrogen and oxygen atoms in total. The molecule has 1 aliphatic rings. The number of anilines is 2. The summed E-state index contributed by atoms with van der Waals surface area (Å²) in [6, 6.07) is 17.3. The number of hydrogen-bond donors (Lipinski definition) is 0. The smallest absolute Gasteiger partial charge is 0.141 e. The maximum Gasteiger partial charge on any atom is 0.141 e. The zero-order chi connectivity index (χ0) is 19.2. The minimum Gasteiger partial charge on any atom is -0.361 e. The van der Waals surface area contributed by atoms with Crippen LogP contribution in [-0.4, -0.2) is 12.2 Å². The highest BCUT2D eigenvalue weighted by atomic mass is 16.5. The van der Waals surface area contributed by atoms with E-state index in [9.17, 15) is 5.26 Å². The van der Waals surface area contributed by atoms with E-state index in [0.717, 1.165) is 52.4 Å². The van der Waals surface area contributed by atoms with Gasteiger partial charge in [-0.25, -0.2) is 0 Å². The van der Waals surface area contributed by atoms with Crippen LogP contribution in [0.2, 0.25) is 0 Å². The summed E-state index contributed by atoms with van der Waals surface area (Å²) in [4.78, 5) is 2.19. The Kier molecular flexibility index (Phi) is 4.04. The number of rotatable bonds is 4. The number of hydrogen-bond acceptors (Lipinski definition) is 4. The summed E-state index contributed by atoms with van der Waals surface area (Å²) in [5.41, 5.74) is 7.40. The van der Waals surface area contributed by atoms with Gasteiger partial charge in [0.2, 0.25) is 0 Å². The molecule has 0 spiro atoms. The van der Waals surface area contributed by atoms with Gasteiger partial charge in [0.25, 0.3) is 0 Å². The number of nitrogens with zero attached hydrogens (tertiary/aromatic N) is 3. The highest BCUT2D eigenvalue weighted by molar-refractivity contribution is 5.76. The summed E-state index contributed by atoms with van der Waals surface area (Å²) in [5, 5.41) is 13.5. The van der Waals surface area contributed by atoms with Gasteiger partial charge < -0.3 is 9.42 Å². The Morgan fingerprint density at radius 2 is 1.78 bits per heavy atom. The molecular weight excluding hydrogens is 334 g/mol. The molecule has 1 fully saturated rings. The van der Waals surface area contributed by atoms with E-state index in [1.165, 1.54) is 5.56 Å². The van der Waals surface area contributed by atoms with Crippen LogP contribution in [0.25, 0.3) is 11.1 Å². The Morgan fingerprint density at radius 3 is 2.33 bits per heavy atom. The summed E-state index contributed by atoms with van der Waals surface area (Å²) >= 11 is 0.